The first kappa shape index (κ1) is 22.4. The molecular weight excluding hydrogens is 384 g/mol. The maximum atomic E-state index is 12.7. The number of ether oxygens (including phenoxy) is 3. The number of rotatable bonds is 9. The highest BCUT2D eigenvalue weighted by atomic mass is 32.2. The molecule has 158 valence electrons. The van der Waals surface area contributed by atoms with Gasteiger partial charge in [-0.3, -0.25) is 9.69 Å². The molecule has 0 aromatic heterocycles. The van der Waals surface area contributed by atoms with E-state index in [0.717, 1.165) is 17.4 Å². The molecule has 0 N–H and O–H groups in total. The molecule has 0 spiro atoms. The predicted octanol–water partition coefficient (Wildman–Crippen LogP) is 1.53. The summed E-state index contributed by atoms with van der Waals surface area (Å²) in [5.41, 5.74) is 0.314. The Morgan fingerprint density at radius 1 is 1.07 bits per heavy atom. The topological polar surface area (TPSA) is 85.4 Å². The van der Waals surface area contributed by atoms with Crippen LogP contribution in [0.5, 0.6) is 11.5 Å². The number of methoxy groups -OCH3 is 2. The number of carbonyl (C=O) groups excluding carboxylic acids is 1. The minimum atomic E-state index is -3.77. The number of hydrogen-bond acceptors (Lipinski definition) is 7. The van der Waals surface area contributed by atoms with E-state index < -0.39 is 16.0 Å². The number of likely N-dealkylation sites (tertiary alicyclic amines) is 1. The highest BCUT2D eigenvalue weighted by Crippen LogP contribution is 2.34. The smallest absolute Gasteiger partial charge is 0.310 e. The summed E-state index contributed by atoms with van der Waals surface area (Å²) in [7, 11) is 1.99. The molecule has 1 saturated heterocycles. The van der Waals surface area contributed by atoms with Gasteiger partial charge >= 0.3 is 5.97 Å². The van der Waals surface area contributed by atoms with Gasteiger partial charge in [-0.1, -0.05) is 6.42 Å². The van der Waals surface area contributed by atoms with E-state index in [-0.39, 0.29) is 17.1 Å². The summed E-state index contributed by atoms with van der Waals surface area (Å²) in [5, 5.41) is 0. The molecule has 1 aromatic rings. The van der Waals surface area contributed by atoms with Crippen LogP contribution in [-0.2, 0) is 26.0 Å². The molecule has 0 aliphatic carbocycles. The molecule has 28 heavy (non-hydrogen) atoms. The average molecular weight is 415 g/mol. The zero-order valence-electron chi connectivity index (χ0n) is 17.1. The van der Waals surface area contributed by atoms with Gasteiger partial charge in [0, 0.05) is 26.7 Å². The van der Waals surface area contributed by atoms with Gasteiger partial charge in [0.15, 0.2) is 11.5 Å². The second-order valence-corrected chi connectivity index (χ2v) is 9.02. The molecule has 1 fully saturated rings. The van der Waals surface area contributed by atoms with E-state index in [1.807, 2.05) is 0 Å². The maximum absolute atomic E-state index is 12.7. The van der Waals surface area contributed by atoms with Gasteiger partial charge in [0.25, 0.3) is 0 Å². The molecule has 0 radical (unpaired) electrons. The van der Waals surface area contributed by atoms with Crippen molar-refractivity contribution in [3.8, 4) is 11.5 Å². The molecule has 1 aromatic carbocycles. The fourth-order valence-corrected chi connectivity index (χ4v) is 4.27. The standard InChI is InChI=1S/C19H30N2O6S/c1-20(2)28(23,24)18-14-17(26-4)16(25-3)12-15(18)13-19(22)27-11-10-21-8-6-5-7-9-21/h12,14H,5-11,13H2,1-4H3. The van der Waals surface area contributed by atoms with Crippen molar-refractivity contribution in [3.63, 3.8) is 0 Å². The van der Waals surface area contributed by atoms with Crippen LogP contribution in [0.15, 0.2) is 17.0 Å². The number of piperidine rings is 1. The van der Waals surface area contributed by atoms with Crippen molar-refractivity contribution in [2.24, 2.45) is 0 Å². The molecule has 1 aliphatic rings. The zero-order chi connectivity index (χ0) is 20.7. The quantitative estimate of drug-likeness (QED) is 0.567. The Hall–Kier alpha value is -1.84. The van der Waals surface area contributed by atoms with Crippen LogP contribution >= 0.6 is 0 Å². The largest absolute Gasteiger partial charge is 0.493 e. The van der Waals surface area contributed by atoms with E-state index in [4.69, 9.17) is 14.2 Å². The normalized spacial score (nSPS) is 15.5. The maximum Gasteiger partial charge on any atom is 0.310 e. The van der Waals surface area contributed by atoms with Crippen LogP contribution in [-0.4, -0.2) is 78.1 Å². The van der Waals surface area contributed by atoms with E-state index in [9.17, 15) is 13.2 Å². The fraction of sp³-hybridized carbons (Fsp3) is 0.632. The van der Waals surface area contributed by atoms with E-state index >= 15 is 0 Å². The average Bonchev–Trinajstić information content (AvgIpc) is 2.68. The first-order valence-electron chi connectivity index (χ1n) is 9.35. The van der Waals surface area contributed by atoms with E-state index in [1.165, 1.54) is 59.7 Å². The van der Waals surface area contributed by atoms with E-state index in [0.29, 0.717) is 24.5 Å². The molecule has 9 heteroatoms. The second kappa shape index (κ2) is 10.1. The van der Waals surface area contributed by atoms with Gasteiger partial charge < -0.3 is 14.2 Å². The van der Waals surface area contributed by atoms with Crippen LogP contribution < -0.4 is 9.47 Å². The highest BCUT2D eigenvalue weighted by Gasteiger charge is 2.26. The van der Waals surface area contributed by atoms with Crippen molar-refractivity contribution in [1.82, 2.24) is 9.21 Å². The predicted molar refractivity (Wildman–Crippen MR) is 105 cm³/mol. The lowest BCUT2D eigenvalue weighted by Crippen LogP contribution is -2.33. The van der Waals surface area contributed by atoms with Crippen molar-refractivity contribution < 1.29 is 27.4 Å². The Morgan fingerprint density at radius 3 is 2.25 bits per heavy atom. The lowest BCUT2D eigenvalue weighted by Gasteiger charge is -2.26. The van der Waals surface area contributed by atoms with Crippen LogP contribution in [0.1, 0.15) is 24.8 Å². The molecule has 1 heterocycles. The third-order valence-corrected chi connectivity index (χ3v) is 6.68. The molecule has 0 amide bonds. The molecule has 0 unspecified atom stereocenters. The minimum Gasteiger partial charge on any atom is -0.493 e. The van der Waals surface area contributed by atoms with Gasteiger partial charge in [-0.2, -0.15) is 0 Å². The number of sulfonamides is 1. The molecule has 0 saturated carbocycles. The number of benzene rings is 1. The Labute approximate surface area is 167 Å². The Kier molecular flexibility index (Phi) is 8.09. The number of nitrogens with zero attached hydrogens (tertiary/aromatic N) is 2. The Balaban J connectivity index is 2.14. The number of hydrogen-bond donors (Lipinski definition) is 0. The molecular formula is C19H30N2O6S. The first-order chi connectivity index (χ1) is 13.3. The van der Waals surface area contributed by atoms with Gasteiger partial charge in [0.1, 0.15) is 6.61 Å². The zero-order valence-corrected chi connectivity index (χ0v) is 17.9. The lowest BCUT2D eigenvalue weighted by atomic mass is 10.1. The summed E-state index contributed by atoms with van der Waals surface area (Å²) in [6.07, 6.45) is 3.43. The number of carbonyl (C=O) groups is 1. The van der Waals surface area contributed by atoms with Crippen molar-refractivity contribution in [2.45, 2.75) is 30.6 Å². The van der Waals surface area contributed by atoms with Crippen LogP contribution in [0.3, 0.4) is 0 Å². The summed E-state index contributed by atoms with van der Waals surface area (Å²) in [5.74, 6) is 0.167. The third-order valence-electron chi connectivity index (χ3n) is 4.78. The van der Waals surface area contributed by atoms with Gasteiger partial charge in [0.2, 0.25) is 10.0 Å². The minimum absolute atomic E-state index is 0.00290. The monoisotopic (exact) mass is 414 g/mol. The van der Waals surface area contributed by atoms with E-state index in [2.05, 4.69) is 4.90 Å². The first-order valence-corrected chi connectivity index (χ1v) is 10.8. The summed E-state index contributed by atoms with van der Waals surface area (Å²) < 4.78 is 42.3. The SMILES string of the molecule is COc1cc(CC(=O)OCCN2CCCCC2)c(S(=O)(=O)N(C)C)cc1OC. The van der Waals surface area contributed by atoms with Crippen molar-refractivity contribution in [1.29, 1.82) is 0 Å². The highest BCUT2D eigenvalue weighted by molar-refractivity contribution is 7.89. The summed E-state index contributed by atoms with van der Waals surface area (Å²) in [6, 6.07) is 2.89. The fourth-order valence-electron chi connectivity index (χ4n) is 3.16. The molecule has 0 bridgehead atoms. The second-order valence-electron chi connectivity index (χ2n) is 6.90. The van der Waals surface area contributed by atoms with Crippen LogP contribution in [0.2, 0.25) is 0 Å². The lowest BCUT2D eigenvalue weighted by molar-refractivity contribution is -0.143. The van der Waals surface area contributed by atoms with Gasteiger partial charge in [-0.25, -0.2) is 12.7 Å². The van der Waals surface area contributed by atoms with Crippen LogP contribution in [0.25, 0.3) is 0 Å². The molecule has 8 nitrogen and oxygen atoms in total. The molecule has 0 atom stereocenters. The van der Waals surface area contributed by atoms with Gasteiger partial charge in [0.05, 0.1) is 25.5 Å². The van der Waals surface area contributed by atoms with Gasteiger partial charge in [-0.15, -0.1) is 0 Å². The van der Waals surface area contributed by atoms with Gasteiger partial charge in [-0.05, 0) is 37.6 Å². The summed E-state index contributed by atoms with van der Waals surface area (Å²) in [6.45, 7) is 3.04. The molecule has 1 aliphatic heterocycles. The van der Waals surface area contributed by atoms with Crippen molar-refractivity contribution in [3.05, 3.63) is 17.7 Å². The summed E-state index contributed by atoms with van der Waals surface area (Å²) in [4.78, 5) is 14.6. The Bertz CT molecular complexity index is 773. The van der Waals surface area contributed by atoms with Crippen LogP contribution in [0.4, 0.5) is 0 Å². The third kappa shape index (κ3) is 5.59. The summed E-state index contributed by atoms with van der Waals surface area (Å²) >= 11 is 0. The number of esters is 1. The van der Waals surface area contributed by atoms with Crippen LogP contribution in [0, 0.1) is 0 Å². The van der Waals surface area contributed by atoms with Crippen molar-refractivity contribution in [2.75, 3.05) is 54.6 Å². The Morgan fingerprint density at radius 2 is 1.68 bits per heavy atom. The van der Waals surface area contributed by atoms with E-state index in [1.54, 1.807) is 0 Å². The molecule has 2 rings (SSSR count). The van der Waals surface area contributed by atoms with Crippen molar-refractivity contribution >= 4 is 16.0 Å².